The van der Waals surface area contributed by atoms with Crippen LogP contribution in [0.3, 0.4) is 0 Å². The number of carboxylic acid groups (broad SMARTS) is 1. The highest BCUT2D eigenvalue weighted by Gasteiger charge is 2.14. The fourth-order valence-electron chi connectivity index (χ4n) is 1.37. The predicted octanol–water partition coefficient (Wildman–Crippen LogP) is 1.97. The van der Waals surface area contributed by atoms with Crippen molar-refractivity contribution in [3.05, 3.63) is 0 Å². The van der Waals surface area contributed by atoms with Gasteiger partial charge in [-0.05, 0) is 20.5 Å². The lowest BCUT2D eigenvalue weighted by Crippen LogP contribution is -2.30. The maximum atomic E-state index is 10.5. The molecule has 0 aromatic rings. The average molecular weight is 187 g/mol. The second-order valence-electron chi connectivity index (χ2n) is 3.71. The molecule has 3 heteroatoms. The molecule has 0 saturated carbocycles. The minimum absolute atomic E-state index is 0.198. The van der Waals surface area contributed by atoms with Crippen molar-refractivity contribution in [3.63, 3.8) is 0 Å². The van der Waals surface area contributed by atoms with Gasteiger partial charge >= 0.3 is 5.97 Å². The SMILES string of the molecule is CCCCCC(CC(=O)O)N(C)C. The first-order chi connectivity index (χ1) is 6.07. The molecule has 0 aromatic heterocycles. The molecule has 13 heavy (non-hydrogen) atoms. The molecular weight excluding hydrogens is 166 g/mol. The molecule has 1 unspecified atom stereocenters. The molecule has 0 radical (unpaired) electrons. The van der Waals surface area contributed by atoms with E-state index in [1.165, 1.54) is 12.8 Å². The molecule has 1 atom stereocenters. The maximum absolute atomic E-state index is 10.5. The number of rotatable bonds is 7. The van der Waals surface area contributed by atoms with Crippen molar-refractivity contribution in [2.24, 2.45) is 0 Å². The smallest absolute Gasteiger partial charge is 0.304 e. The third-order valence-corrected chi connectivity index (χ3v) is 2.28. The fraction of sp³-hybridized carbons (Fsp3) is 0.900. The van der Waals surface area contributed by atoms with Gasteiger partial charge in [0.2, 0.25) is 0 Å². The third-order valence-electron chi connectivity index (χ3n) is 2.28. The summed E-state index contributed by atoms with van der Waals surface area (Å²) in [7, 11) is 3.89. The molecule has 0 saturated heterocycles. The van der Waals surface area contributed by atoms with Gasteiger partial charge in [0, 0.05) is 6.04 Å². The van der Waals surface area contributed by atoms with Crippen LogP contribution in [0, 0.1) is 0 Å². The number of unbranched alkanes of at least 4 members (excludes halogenated alkanes) is 2. The number of hydrogen-bond donors (Lipinski definition) is 1. The van der Waals surface area contributed by atoms with Crippen LogP contribution in [-0.4, -0.2) is 36.1 Å². The highest BCUT2D eigenvalue weighted by Crippen LogP contribution is 2.10. The summed E-state index contributed by atoms with van der Waals surface area (Å²) in [4.78, 5) is 12.5. The summed E-state index contributed by atoms with van der Waals surface area (Å²) in [5.41, 5.74) is 0. The topological polar surface area (TPSA) is 40.5 Å². The Labute approximate surface area is 80.7 Å². The standard InChI is InChI=1S/C10H21NO2/c1-4-5-6-7-9(11(2)3)8-10(12)13/h9H,4-8H2,1-3H3,(H,12,13). The Hall–Kier alpha value is -0.570. The fourth-order valence-corrected chi connectivity index (χ4v) is 1.37. The van der Waals surface area contributed by atoms with Crippen LogP contribution in [0.15, 0.2) is 0 Å². The van der Waals surface area contributed by atoms with E-state index in [-0.39, 0.29) is 12.5 Å². The van der Waals surface area contributed by atoms with Gasteiger partial charge in [0.1, 0.15) is 0 Å². The lowest BCUT2D eigenvalue weighted by atomic mass is 10.0. The average Bonchev–Trinajstić information content (AvgIpc) is 2.02. The molecule has 0 amide bonds. The number of carbonyl (C=O) groups is 1. The van der Waals surface area contributed by atoms with E-state index in [0.717, 1.165) is 12.8 Å². The van der Waals surface area contributed by atoms with Crippen molar-refractivity contribution in [3.8, 4) is 0 Å². The summed E-state index contributed by atoms with van der Waals surface area (Å²) in [6, 6.07) is 0.198. The number of hydrogen-bond acceptors (Lipinski definition) is 2. The third kappa shape index (κ3) is 6.58. The van der Waals surface area contributed by atoms with Crippen LogP contribution in [-0.2, 0) is 4.79 Å². The number of nitrogens with zero attached hydrogens (tertiary/aromatic N) is 1. The summed E-state index contributed by atoms with van der Waals surface area (Å²) < 4.78 is 0. The Morgan fingerprint density at radius 3 is 2.38 bits per heavy atom. The molecule has 0 heterocycles. The van der Waals surface area contributed by atoms with Crippen LogP contribution in [0.2, 0.25) is 0 Å². The normalized spacial score (nSPS) is 13.2. The van der Waals surface area contributed by atoms with Crippen molar-refractivity contribution < 1.29 is 9.90 Å². The first-order valence-electron chi connectivity index (χ1n) is 4.96. The first-order valence-corrected chi connectivity index (χ1v) is 4.96. The minimum Gasteiger partial charge on any atom is -0.481 e. The molecule has 78 valence electrons. The molecule has 0 spiro atoms. The summed E-state index contributed by atoms with van der Waals surface area (Å²) in [6.07, 6.45) is 4.77. The van der Waals surface area contributed by atoms with Gasteiger partial charge < -0.3 is 10.0 Å². The summed E-state index contributed by atoms with van der Waals surface area (Å²) in [5, 5.41) is 8.66. The summed E-state index contributed by atoms with van der Waals surface area (Å²) in [5.74, 6) is -0.699. The van der Waals surface area contributed by atoms with Crippen LogP contribution in [0.4, 0.5) is 0 Å². The highest BCUT2D eigenvalue weighted by molar-refractivity contribution is 5.67. The molecule has 0 aliphatic carbocycles. The molecule has 0 fully saturated rings. The van der Waals surface area contributed by atoms with Crippen molar-refractivity contribution in [1.82, 2.24) is 4.90 Å². The van der Waals surface area contributed by atoms with Crippen LogP contribution >= 0.6 is 0 Å². The second kappa shape index (κ2) is 6.89. The van der Waals surface area contributed by atoms with Crippen molar-refractivity contribution in [1.29, 1.82) is 0 Å². The maximum Gasteiger partial charge on any atom is 0.304 e. The van der Waals surface area contributed by atoms with E-state index in [9.17, 15) is 4.79 Å². The Bertz CT molecular complexity index is 146. The quantitative estimate of drug-likeness (QED) is 0.619. The van der Waals surface area contributed by atoms with Gasteiger partial charge in [0.05, 0.1) is 6.42 Å². The number of carboxylic acids is 1. The van der Waals surface area contributed by atoms with Gasteiger partial charge in [-0.25, -0.2) is 0 Å². The van der Waals surface area contributed by atoms with Gasteiger partial charge in [-0.15, -0.1) is 0 Å². The van der Waals surface area contributed by atoms with Gasteiger partial charge in [0.25, 0.3) is 0 Å². The summed E-state index contributed by atoms with van der Waals surface area (Å²) in [6.45, 7) is 2.15. The molecule has 0 bridgehead atoms. The molecular formula is C10H21NO2. The van der Waals surface area contributed by atoms with E-state index in [2.05, 4.69) is 6.92 Å². The lowest BCUT2D eigenvalue weighted by Gasteiger charge is -2.22. The van der Waals surface area contributed by atoms with E-state index in [0.29, 0.717) is 0 Å². The Morgan fingerprint density at radius 2 is 2.00 bits per heavy atom. The van der Waals surface area contributed by atoms with E-state index in [1.54, 1.807) is 0 Å². The van der Waals surface area contributed by atoms with E-state index in [1.807, 2.05) is 19.0 Å². The lowest BCUT2D eigenvalue weighted by molar-refractivity contribution is -0.138. The Balaban J connectivity index is 3.74. The molecule has 3 nitrogen and oxygen atoms in total. The van der Waals surface area contributed by atoms with Crippen molar-refractivity contribution >= 4 is 5.97 Å². The highest BCUT2D eigenvalue weighted by atomic mass is 16.4. The van der Waals surface area contributed by atoms with E-state index in [4.69, 9.17) is 5.11 Å². The zero-order valence-electron chi connectivity index (χ0n) is 8.92. The zero-order chi connectivity index (χ0) is 10.3. The molecule has 0 aliphatic heterocycles. The predicted molar refractivity (Wildman–Crippen MR) is 53.9 cm³/mol. The number of aliphatic carboxylic acids is 1. The second-order valence-corrected chi connectivity index (χ2v) is 3.71. The molecule has 0 rings (SSSR count). The van der Waals surface area contributed by atoms with Gasteiger partial charge in [-0.2, -0.15) is 0 Å². The Morgan fingerprint density at radius 1 is 1.38 bits per heavy atom. The minimum atomic E-state index is -0.699. The van der Waals surface area contributed by atoms with Crippen LogP contribution in [0.25, 0.3) is 0 Å². The summed E-state index contributed by atoms with van der Waals surface area (Å²) >= 11 is 0. The van der Waals surface area contributed by atoms with Gasteiger partial charge in [-0.1, -0.05) is 26.2 Å². The first kappa shape index (κ1) is 12.4. The van der Waals surface area contributed by atoms with Crippen molar-refractivity contribution in [2.75, 3.05) is 14.1 Å². The van der Waals surface area contributed by atoms with Crippen LogP contribution in [0.5, 0.6) is 0 Å². The van der Waals surface area contributed by atoms with Crippen molar-refractivity contribution in [2.45, 2.75) is 45.1 Å². The molecule has 0 aliphatic rings. The van der Waals surface area contributed by atoms with Crippen LogP contribution in [0.1, 0.15) is 39.0 Å². The monoisotopic (exact) mass is 187 g/mol. The zero-order valence-corrected chi connectivity index (χ0v) is 8.92. The largest absolute Gasteiger partial charge is 0.481 e. The molecule has 1 N–H and O–H groups in total. The van der Waals surface area contributed by atoms with Crippen LogP contribution < -0.4 is 0 Å². The van der Waals surface area contributed by atoms with Gasteiger partial charge in [-0.3, -0.25) is 4.79 Å². The Kier molecular flexibility index (Phi) is 6.59. The van der Waals surface area contributed by atoms with E-state index >= 15 is 0 Å². The van der Waals surface area contributed by atoms with E-state index < -0.39 is 5.97 Å². The molecule has 0 aromatic carbocycles. The van der Waals surface area contributed by atoms with Gasteiger partial charge in [0.15, 0.2) is 0 Å².